The molecule has 1 atom stereocenters. The molecule has 102 valence electrons. The van der Waals surface area contributed by atoms with Crippen LogP contribution in [0.5, 0.6) is 5.75 Å². The van der Waals surface area contributed by atoms with E-state index < -0.39 is 0 Å². The molecule has 1 unspecified atom stereocenters. The molecule has 0 aliphatic carbocycles. The zero-order valence-corrected chi connectivity index (χ0v) is 13.2. The molecule has 0 aliphatic heterocycles. The van der Waals surface area contributed by atoms with Crippen molar-refractivity contribution in [3.63, 3.8) is 0 Å². The smallest absolute Gasteiger partial charge is 0.133 e. The number of ether oxygens (including phenoxy) is 1. The van der Waals surface area contributed by atoms with Crippen LogP contribution in [-0.4, -0.2) is 36.9 Å². The Kier molecular flexibility index (Phi) is 7.74. The van der Waals surface area contributed by atoms with Crippen LogP contribution < -0.4 is 10.1 Å². The Morgan fingerprint density at radius 3 is 2.83 bits per heavy atom. The van der Waals surface area contributed by atoms with Gasteiger partial charge in [0.1, 0.15) is 5.75 Å². The Morgan fingerprint density at radius 2 is 2.28 bits per heavy atom. The van der Waals surface area contributed by atoms with Gasteiger partial charge in [0.25, 0.3) is 0 Å². The summed E-state index contributed by atoms with van der Waals surface area (Å²) in [5, 5.41) is 12.5. The van der Waals surface area contributed by atoms with Gasteiger partial charge in [-0.3, -0.25) is 0 Å². The van der Waals surface area contributed by atoms with Crippen LogP contribution in [0.4, 0.5) is 0 Å². The Bertz CT molecular complexity index is 357. The number of methoxy groups -OCH3 is 1. The second-order valence-corrected chi connectivity index (χ2v) is 5.78. The quantitative estimate of drug-likeness (QED) is 0.767. The molecule has 0 saturated carbocycles. The zero-order chi connectivity index (χ0) is 13.4. The Balaban J connectivity index is 2.53. The number of benzene rings is 1. The third-order valence-electron chi connectivity index (χ3n) is 2.66. The maximum absolute atomic E-state index is 9.00. The first-order valence-corrected chi connectivity index (χ1v) is 8.05. The van der Waals surface area contributed by atoms with E-state index in [0.29, 0.717) is 6.04 Å². The number of halogens is 1. The molecule has 1 rings (SSSR count). The maximum atomic E-state index is 9.00. The van der Waals surface area contributed by atoms with Crippen LogP contribution in [0.3, 0.4) is 0 Å². The van der Waals surface area contributed by atoms with E-state index in [1.807, 2.05) is 12.1 Å². The van der Waals surface area contributed by atoms with Crippen molar-refractivity contribution < 1.29 is 9.84 Å². The minimum absolute atomic E-state index is 0.227. The number of aliphatic hydroxyl groups is 1. The van der Waals surface area contributed by atoms with Crippen molar-refractivity contribution in [2.45, 2.75) is 19.0 Å². The largest absolute Gasteiger partial charge is 0.496 e. The van der Waals surface area contributed by atoms with Crippen LogP contribution in [0.2, 0.25) is 0 Å². The Hall–Kier alpha value is -0.230. The molecular formula is C13H20BrNO2S. The maximum Gasteiger partial charge on any atom is 0.133 e. The Labute approximate surface area is 121 Å². The van der Waals surface area contributed by atoms with E-state index in [4.69, 9.17) is 9.84 Å². The molecule has 0 fully saturated rings. The summed E-state index contributed by atoms with van der Waals surface area (Å²) in [6, 6.07) is 6.41. The third kappa shape index (κ3) is 5.18. The highest BCUT2D eigenvalue weighted by atomic mass is 79.9. The van der Waals surface area contributed by atoms with E-state index in [1.165, 1.54) is 5.56 Å². The van der Waals surface area contributed by atoms with Crippen molar-refractivity contribution >= 4 is 27.7 Å². The van der Waals surface area contributed by atoms with Crippen molar-refractivity contribution in [1.82, 2.24) is 5.32 Å². The van der Waals surface area contributed by atoms with Crippen LogP contribution >= 0.6 is 27.7 Å². The number of nitrogens with one attached hydrogen (secondary N) is 1. The lowest BCUT2D eigenvalue weighted by atomic mass is 10.2. The average molecular weight is 334 g/mol. The molecular weight excluding hydrogens is 314 g/mol. The van der Waals surface area contributed by atoms with Gasteiger partial charge in [0.2, 0.25) is 0 Å². The highest BCUT2D eigenvalue weighted by Crippen LogP contribution is 2.25. The number of hydrogen-bond acceptors (Lipinski definition) is 4. The second-order valence-electron chi connectivity index (χ2n) is 4.01. The van der Waals surface area contributed by atoms with Gasteiger partial charge in [-0.2, -0.15) is 11.8 Å². The fourth-order valence-electron chi connectivity index (χ4n) is 1.68. The first-order valence-electron chi connectivity index (χ1n) is 5.86. The van der Waals surface area contributed by atoms with Crippen molar-refractivity contribution in [3.8, 4) is 5.75 Å². The predicted molar refractivity (Wildman–Crippen MR) is 81.4 cm³/mol. The number of rotatable bonds is 8. The van der Waals surface area contributed by atoms with Crippen LogP contribution in [0.25, 0.3) is 0 Å². The van der Waals surface area contributed by atoms with Gasteiger partial charge in [-0.05, 0) is 46.3 Å². The highest BCUT2D eigenvalue weighted by molar-refractivity contribution is 9.10. The monoisotopic (exact) mass is 333 g/mol. The summed E-state index contributed by atoms with van der Waals surface area (Å²) in [4.78, 5) is 0. The SMILES string of the molecule is COc1ccc(CNC(CCO)CSC)cc1Br. The van der Waals surface area contributed by atoms with Gasteiger partial charge in [0.05, 0.1) is 11.6 Å². The lowest BCUT2D eigenvalue weighted by molar-refractivity contribution is 0.270. The minimum Gasteiger partial charge on any atom is -0.496 e. The van der Waals surface area contributed by atoms with Crippen LogP contribution in [0.1, 0.15) is 12.0 Å². The topological polar surface area (TPSA) is 41.5 Å². The molecule has 0 spiro atoms. The second kappa shape index (κ2) is 8.80. The average Bonchev–Trinajstić information content (AvgIpc) is 2.36. The minimum atomic E-state index is 0.227. The summed E-state index contributed by atoms with van der Waals surface area (Å²) < 4.78 is 6.16. The molecule has 2 N–H and O–H groups in total. The summed E-state index contributed by atoms with van der Waals surface area (Å²) in [5.74, 6) is 1.85. The summed E-state index contributed by atoms with van der Waals surface area (Å²) in [6.45, 7) is 1.03. The molecule has 0 saturated heterocycles. The Morgan fingerprint density at radius 1 is 1.50 bits per heavy atom. The van der Waals surface area contributed by atoms with Crippen LogP contribution in [0.15, 0.2) is 22.7 Å². The van der Waals surface area contributed by atoms with Crippen molar-refractivity contribution in [1.29, 1.82) is 0 Å². The van der Waals surface area contributed by atoms with Gasteiger partial charge in [-0.15, -0.1) is 0 Å². The van der Waals surface area contributed by atoms with Gasteiger partial charge in [-0.25, -0.2) is 0 Å². The third-order valence-corrected chi connectivity index (χ3v) is 4.01. The van der Waals surface area contributed by atoms with Crippen molar-refractivity contribution in [2.24, 2.45) is 0 Å². The first kappa shape index (κ1) is 15.8. The lowest BCUT2D eigenvalue weighted by Gasteiger charge is -2.17. The van der Waals surface area contributed by atoms with Gasteiger partial charge in [0.15, 0.2) is 0 Å². The zero-order valence-electron chi connectivity index (χ0n) is 10.8. The molecule has 0 aliphatic rings. The van der Waals surface area contributed by atoms with Gasteiger partial charge < -0.3 is 15.2 Å². The van der Waals surface area contributed by atoms with Crippen LogP contribution in [0, 0.1) is 0 Å². The van der Waals surface area contributed by atoms with Crippen LogP contribution in [-0.2, 0) is 6.54 Å². The summed E-state index contributed by atoms with van der Waals surface area (Å²) in [5.41, 5.74) is 1.20. The van der Waals surface area contributed by atoms with Gasteiger partial charge >= 0.3 is 0 Å². The van der Waals surface area contributed by atoms with E-state index in [-0.39, 0.29) is 6.61 Å². The number of hydrogen-bond donors (Lipinski definition) is 2. The highest BCUT2D eigenvalue weighted by Gasteiger charge is 2.07. The fraction of sp³-hybridized carbons (Fsp3) is 0.538. The first-order chi connectivity index (χ1) is 8.71. The van der Waals surface area contributed by atoms with E-state index in [1.54, 1.807) is 18.9 Å². The molecule has 1 aromatic rings. The molecule has 0 aromatic heterocycles. The van der Waals surface area contributed by atoms with E-state index in [9.17, 15) is 0 Å². The molecule has 0 amide bonds. The van der Waals surface area contributed by atoms with Crippen molar-refractivity contribution in [3.05, 3.63) is 28.2 Å². The van der Waals surface area contributed by atoms with E-state index >= 15 is 0 Å². The van der Waals surface area contributed by atoms with E-state index in [0.717, 1.165) is 28.9 Å². The van der Waals surface area contributed by atoms with E-state index in [2.05, 4.69) is 33.6 Å². The summed E-state index contributed by atoms with van der Waals surface area (Å²) in [6.07, 6.45) is 2.87. The van der Waals surface area contributed by atoms with Gasteiger partial charge in [0, 0.05) is 24.9 Å². The molecule has 18 heavy (non-hydrogen) atoms. The molecule has 0 heterocycles. The summed E-state index contributed by atoms with van der Waals surface area (Å²) >= 11 is 5.27. The standard InChI is InChI=1S/C13H20BrNO2S/c1-17-13-4-3-10(7-12(13)14)8-15-11(5-6-16)9-18-2/h3-4,7,11,15-16H,5-6,8-9H2,1-2H3. The predicted octanol–water partition coefficient (Wildman–Crippen LogP) is 2.66. The lowest BCUT2D eigenvalue weighted by Crippen LogP contribution is -2.31. The van der Waals surface area contributed by atoms with Crippen molar-refractivity contribution in [2.75, 3.05) is 25.7 Å². The molecule has 1 aromatic carbocycles. The fourth-order valence-corrected chi connectivity index (χ4v) is 2.96. The molecule has 5 heteroatoms. The summed E-state index contributed by atoms with van der Waals surface area (Å²) in [7, 11) is 1.66. The molecule has 3 nitrogen and oxygen atoms in total. The number of thioether (sulfide) groups is 1. The number of aliphatic hydroxyl groups excluding tert-OH is 1. The molecule has 0 bridgehead atoms. The molecule has 0 radical (unpaired) electrons. The normalized spacial score (nSPS) is 12.4. The van der Waals surface area contributed by atoms with Gasteiger partial charge in [-0.1, -0.05) is 6.07 Å².